The molecule has 0 spiro atoms. The Morgan fingerprint density at radius 1 is 0.962 bits per heavy atom. The van der Waals surface area contributed by atoms with Gasteiger partial charge in [-0.3, -0.25) is 0 Å². The van der Waals surface area contributed by atoms with Gasteiger partial charge in [0.05, 0.1) is 6.61 Å². The summed E-state index contributed by atoms with van der Waals surface area (Å²) >= 11 is 0. The van der Waals surface area contributed by atoms with Gasteiger partial charge in [0.1, 0.15) is 5.75 Å². The van der Waals surface area contributed by atoms with Crippen molar-refractivity contribution in [3.8, 4) is 5.75 Å². The fourth-order valence-electron chi connectivity index (χ4n) is 4.14. The van der Waals surface area contributed by atoms with Gasteiger partial charge in [0.15, 0.2) is 0 Å². The van der Waals surface area contributed by atoms with Crippen molar-refractivity contribution in [2.24, 2.45) is 5.92 Å². The van der Waals surface area contributed by atoms with E-state index < -0.39 is 0 Å². The van der Waals surface area contributed by atoms with E-state index >= 15 is 0 Å². The van der Waals surface area contributed by atoms with Crippen LogP contribution in [-0.4, -0.2) is 13.2 Å². The van der Waals surface area contributed by atoms with Crippen LogP contribution in [-0.2, 0) is 6.54 Å². The predicted octanol–water partition coefficient (Wildman–Crippen LogP) is 6.47. The van der Waals surface area contributed by atoms with E-state index in [2.05, 4.69) is 48.6 Å². The normalized spacial score (nSPS) is 15.4. The fourth-order valence-corrected chi connectivity index (χ4v) is 4.14. The number of nitrogens with one attached hydrogen (secondary N) is 1. The van der Waals surface area contributed by atoms with Crippen molar-refractivity contribution < 1.29 is 4.74 Å². The largest absolute Gasteiger partial charge is 0.493 e. The van der Waals surface area contributed by atoms with Crippen molar-refractivity contribution in [1.82, 2.24) is 5.32 Å². The lowest BCUT2D eigenvalue weighted by Crippen LogP contribution is -2.24. The lowest BCUT2D eigenvalue weighted by molar-refractivity contribution is 0.300. The molecule has 0 saturated heterocycles. The zero-order valence-electron chi connectivity index (χ0n) is 16.4. The van der Waals surface area contributed by atoms with Gasteiger partial charge in [0, 0.05) is 12.1 Å². The first-order valence-electron chi connectivity index (χ1n) is 10.7. The zero-order valence-corrected chi connectivity index (χ0v) is 16.4. The Morgan fingerprint density at radius 2 is 1.81 bits per heavy atom. The highest BCUT2D eigenvalue weighted by molar-refractivity contribution is 5.87. The molecule has 0 unspecified atom stereocenters. The number of hydrogen-bond acceptors (Lipinski definition) is 2. The molecule has 1 N–H and O–H groups in total. The third-order valence-electron chi connectivity index (χ3n) is 5.71. The van der Waals surface area contributed by atoms with Crippen molar-refractivity contribution in [1.29, 1.82) is 0 Å². The van der Waals surface area contributed by atoms with Gasteiger partial charge in [0.25, 0.3) is 0 Å². The quantitative estimate of drug-likeness (QED) is 0.494. The van der Waals surface area contributed by atoms with Gasteiger partial charge in [-0.1, -0.05) is 75.8 Å². The Labute approximate surface area is 159 Å². The first-order chi connectivity index (χ1) is 12.9. The van der Waals surface area contributed by atoms with Crippen LogP contribution in [0.25, 0.3) is 10.8 Å². The van der Waals surface area contributed by atoms with Gasteiger partial charge in [-0.15, -0.1) is 0 Å². The summed E-state index contributed by atoms with van der Waals surface area (Å²) in [4.78, 5) is 0. The molecular weight excluding hydrogens is 318 g/mol. The predicted molar refractivity (Wildman–Crippen MR) is 112 cm³/mol. The van der Waals surface area contributed by atoms with Crippen LogP contribution in [0.1, 0.15) is 70.3 Å². The number of rotatable bonds is 10. The van der Waals surface area contributed by atoms with E-state index in [1.54, 1.807) is 0 Å². The second-order valence-corrected chi connectivity index (χ2v) is 7.81. The Bertz CT molecular complexity index is 660. The van der Waals surface area contributed by atoms with Crippen LogP contribution in [0.3, 0.4) is 0 Å². The summed E-state index contributed by atoms with van der Waals surface area (Å²) in [5.74, 6) is 1.92. The molecule has 1 aliphatic carbocycles. The van der Waals surface area contributed by atoms with E-state index in [1.165, 1.54) is 67.7 Å². The first-order valence-corrected chi connectivity index (χ1v) is 10.7. The van der Waals surface area contributed by atoms with Gasteiger partial charge in [-0.25, -0.2) is 0 Å². The second-order valence-electron chi connectivity index (χ2n) is 7.81. The van der Waals surface area contributed by atoms with Gasteiger partial charge in [-0.2, -0.15) is 0 Å². The minimum atomic E-state index is 0.827. The number of unbranched alkanes of at least 4 members (excludes halogenated alkanes) is 3. The van der Waals surface area contributed by atoms with Gasteiger partial charge in [0.2, 0.25) is 0 Å². The van der Waals surface area contributed by atoms with Gasteiger partial charge < -0.3 is 10.1 Å². The maximum Gasteiger partial charge on any atom is 0.124 e. The zero-order chi connectivity index (χ0) is 18.0. The van der Waals surface area contributed by atoms with Crippen LogP contribution in [0.4, 0.5) is 0 Å². The van der Waals surface area contributed by atoms with E-state index in [1.807, 2.05) is 0 Å². The highest BCUT2D eigenvalue weighted by Gasteiger charge is 2.14. The van der Waals surface area contributed by atoms with E-state index in [4.69, 9.17) is 4.74 Å². The molecule has 3 rings (SSSR count). The topological polar surface area (TPSA) is 21.3 Å². The summed E-state index contributed by atoms with van der Waals surface area (Å²) in [7, 11) is 0. The summed E-state index contributed by atoms with van der Waals surface area (Å²) in [5.41, 5.74) is 1.33. The Kier molecular flexibility index (Phi) is 7.82. The number of hydrogen-bond donors (Lipinski definition) is 1. The molecule has 0 heterocycles. The van der Waals surface area contributed by atoms with E-state index in [0.29, 0.717) is 0 Å². The summed E-state index contributed by atoms with van der Waals surface area (Å²) in [6.07, 6.45) is 12.0. The molecule has 142 valence electrons. The van der Waals surface area contributed by atoms with E-state index in [9.17, 15) is 0 Å². The van der Waals surface area contributed by atoms with Crippen molar-refractivity contribution in [3.63, 3.8) is 0 Å². The molecule has 1 saturated carbocycles. The molecule has 26 heavy (non-hydrogen) atoms. The van der Waals surface area contributed by atoms with E-state index in [0.717, 1.165) is 37.8 Å². The highest BCUT2D eigenvalue weighted by Crippen LogP contribution is 2.29. The lowest BCUT2D eigenvalue weighted by Gasteiger charge is -2.22. The minimum Gasteiger partial charge on any atom is -0.493 e. The molecule has 0 bridgehead atoms. The first kappa shape index (κ1) is 19.2. The molecule has 2 aromatic rings. The maximum atomic E-state index is 6.19. The van der Waals surface area contributed by atoms with Crippen LogP contribution in [0.2, 0.25) is 0 Å². The third-order valence-corrected chi connectivity index (χ3v) is 5.71. The summed E-state index contributed by atoms with van der Waals surface area (Å²) in [6, 6.07) is 13.0. The molecule has 2 nitrogen and oxygen atoms in total. The molecule has 0 atom stereocenters. The van der Waals surface area contributed by atoms with Gasteiger partial charge >= 0.3 is 0 Å². The molecule has 0 radical (unpaired) electrons. The average Bonchev–Trinajstić information content (AvgIpc) is 2.69. The summed E-state index contributed by atoms with van der Waals surface area (Å²) < 4.78 is 6.19. The third kappa shape index (κ3) is 5.48. The molecule has 0 amide bonds. The van der Waals surface area contributed by atoms with Crippen molar-refractivity contribution >= 4 is 10.8 Å². The second kappa shape index (κ2) is 10.6. The molecule has 1 fully saturated rings. The van der Waals surface area contributed by atoms with Crippen LogP contribution in [0.5, 0.6) is 5.75 Å². The monoisotopic (exact) mass is 353 g/mol. The standard InChI is InChI=1S/C24H35NO/c1-2-3-4-10-17-26-24-16-15-21-13-8-9-14-22(21)23(24)19-25-18-20-11-6-5-7-12-20/h8-9,13-16,20,25H,2-7,10-12,17-19H2,1H3. The molecule has 2 heteroatoms. The Morgan fingerprint density at radius 3 is 2.65 bits per heavy atom. The SMILES string of the molecule is CCCCCCOc1ccc2ccccc2c1CNCC1CCCCC1. The van der Waals surface area contributed by atoms with Gasteiger partial charge in [-0.05, 0) is 48.6 Å². The summed E-state index contributed by atoms with van der Waals surface area (Å²) in [5, 5.41) is 6.37. The lowest BCUT2D eigenvalue weighted by atomic mass is 9.89. The summed E-state index contributed by atoms with van der Waals surface area (Å²) in [6.45, 7) is 5.12. The fraction of sp³-hybridized carbons (Fsp3) is 0.583. The van der Waals surface area contributed by atoms with Crippen molar-refractivity contribution in [2.75, 3.05) is 13.2 Å². The van der Waals surface area contributed by atoms with Crippen LogP contribution in [0, 0.1) is 5.92 Å². The smallest absolute Gasteiger partial charge is 0.124 e. The molecule has 0 aromatic heterocycles. The molecule has 1 aliphatic rings. The molecule has 2 aromatic carbocycles. The van der Waals surface area contributed by atoms with Crippen LogP contribution in [0.15, 0.2) is 36.4 Å². The van der Waals surface area contributed by atoms with E-state index in [-0.39, 0.29) is 0 Å². The van der Waals surface area contributed by atoms with Crippen LogP contribution >= 0.6 is 0 Å². The number of ether oxygens (including phenoxy) is 1. The minimum absolute atomic E-state index is 0.827. The maximum absolute atomic E-state index is 6.19. The Balaban J connectivity index is 1.64. The molecular formula is C24H35NO. The van der Waals surface area contributed by atoms with Crippen molar-refractivity contribution in [3.05, 3.63) is 42.0 Å². The van der Waals surface area contributed by atoms with Crippen molar-refractivity contribution in [2.45, 2.75) is 71.3 Å². The molecule has 0 aliphatic heterocycles. The average molecular weight is 354 g/mol. The van der Waals surface area contributed by atoms with Crippen LogP contribution < -0.4 is 10.1 Å². The number of benzene rings is 2. The Hall–Kier alpha value is -1.54. The number of fused-ring (bicyclic) bond motifs is 1. The highest BCUT2D eigenvalue weighted by atomic mass is 16.5.